The van der Waals surface area contributed by atoms with E-state index in [1.54, 1.807) is 13.3 Å². The summed E-state index contributed by atoms with van der Waals surface area (Å²) in [7, 11) is 1.78. The minimum Gasteiger partial charge on any atom is -0.351 e. The summed E-state index contributed by atoms with van der Waals surface area (Å²) in [5.41, 5.74) is 0.924. The third-order valence-corrected chi connectivity index (χ3v) is 7.07. The van der Waals surface area contributed by atoms with Gasteiger partial charge in [0.2, 0.25) is 11.9 Å². The number of hydrogen-bond donors (Lipinski definition) is 2. The molecule has 0 amide bonds. The highest BCUT2D eigenvalue weighted by molar-refractivity contribution is 5.74. The van der Waals surface area contributed by atoms with Gasteiger partial charge in [-0.05, 0) is 44.8 Å². The van der Waals surface area contributed by atoms with Crippen molar-refractivity contribution in [2.45, 2.75) is 122 Å². The number of hydrogen-bond acceptors (Lipinski definition) is 6. The van der Waals surface area contributed by atoms with Gasteiger partial charge in [-0.2, -0.15) is 15.0 Å². The van der Waals surface area contributed by atoms with E-state index in [1.165, 1.54) is 103 Å². The number of aromatic nitrogens is 3. The van der Waals surface area contributed by atoms with E-state index in [9.17, 15) is 0 Å². The van der Waals surface area contributed by atoms with Gasteiger partial charge in [0.1, 0.15) is 5.82 Å². The van der Waals surface area contributed by atoms with Crippen molar-refractivity contribution in [3.8, 4) is 0 Å². The van der Waals surface area contributed by atoms with Crippen molar-refractivity contribution in [3.63, 3.8) is 0 Å². The molecule has 188 valence electrons. The zero-order valence-corrected chi connectivity index (χ0v) is 21.6. The van der Waals surface area contributed by atoms with E-state index in [2.05, 4.69) is 15.6 Å². The molecule has 2 aliphatic rings. The number of aliphatic imine (C=N–C) groups is 1. The van der Waals surface area contributed by atoms with Crippen LogP contribution in [0.5, 0.6) is 0 Å². The Morgan fingerprint density at radius 2 is 1.32 bits per heavy atom. The Bertz CT molecular complexity index is 782. The van der Waals surface area contributed by atoms with E-state index in [1.807, 2.05) is 25.2 Å². The van der Waals surface area contributed by atoms with Gasteiger partial charge >= 0.3 is 0 Å². The van der Waals surface area contributed by atoms with Gasteiger partial charge in [-0.25, -0.2) is 0 Å². The van der Waals surface area contributed by atoms with Crippen molar-refractivity contribution in [1.29, 1.82) is 0 Å². The first kappa shape index (κ1) is 26.4. The molecule has 2 fully saturated rings. The van der Waals surface area contributed by atoms with Crippen molar-refractivity contribution in [3.05, 3.63) is 29.7 Å². The second kappa shape index (κ2) is 15.6. The lowest BCUT2D eigenvalue weighted by molar-refractivity contribution is 0.441. The monoisotopic (exact) mass is 466 g/mol. The molecule has 1 aromatic heterocycles. The maximum Gasteiger partial charge on any atom is 0.232 e. The summed E-state index contributed by atoms with van der Waals surface area (Å²) >= 11 is 0. The first-order valence-corrected chi connectivity index (χ1v) is 13.8. The molecule has 0 aromatic carbocycles. The van der Waals surface area contributed by atoms with E-state index in [-0.39, 0.29) is 0 Å². The van der Waals surface area contributed by atoms with Crippen LogP contribution in [0.2, 0.25) is 0 Å². The lowest BCUT2D eigenvalue weighted by Gasteiger charge is -2.22. The second-order valence-electron chi connectivity index (χ2n) is 9.93. The molecule has 0 spiro atoms. The van der Waals surface area contributed by atoms with Crippen LogP contribution in [0.15, 0.2) is 28.9 Å². The summed E-state index contributed by atoms with van der Waals surface area (Å²) in [5.74, 6) is 2.73. The van der Waals surface area contributed by atoms with Gasteiger partial charge in [0.25, 0.3) is 0 Å². The Morgan fingerprint density at radius 3 is 1.91 bits per heavy atom. The van der Waals surface area contributed by atoms with E-state index in [0.717, 1.165) is 17.5 Å². The Labute approximate surface area is 207 Å². The lowest BCUT2D eigenvalue weighted by Crippen LogP contribution is -2.23. The molecule has 1 heterocycles. The van der Waals surface area contributed by atoms with Gasteiger partial charge in [-0.1, -0.05) is 83.1 Å². The average molecular weight is 467 g/mol. The molecule has 2 saturated carbocycles. The molecule has 2 N–H and O–H groups in total. The van der Waals surface area contributed by atoms with E-state index >= 15 is 0 Å². The van der Waals surface area contributed by atoms with Crippen LogP contribution in [0.3, 0.4) is 0 Å². The molecule has 0 atom stereocenters. The molecule has 6 heteroatoms. The van der Waals surface area contributed by atoms with Gasteiger partial charge in [0.05, 0.1) is 0 Å². The van der Waals surface area contributed by atoms with Crippen LogP contribution in [0.4, 0.5) is 11.9 Å². The maximum absolute atomic E-state index is 5.00. The van der Waals surface area contributed by atoms with Crippen LogP contribution in [-0.4, -0.2) is 34.3 Å². The Hall–Kier alpha value is -2.24. The molecule has 0 bridgehead atoms. The fraction of sp³-hybridized carbons (Fsp3) is 0.714. The molecule has 3 rings (SSSR count). The number of anilines is 2. The van der Waals surface area contributed by atoms with Crippen LogP contribution in [-0.2, 0) is 0 Å². The molecular weight excluding hydrogens is 420 g/mol. The fourth-order valence-corrected chi connectivity index (χ4v) is 5.15. The number of nitrogens with zero attached hydrogens (tertiary/aromatic N) is 4. The first-order chi connectivity index (χ1) is 16.8. The predicted molar refractivity (Wildman–Crippen MR) is 145 cm³/mol. The Balaban J connectivity index is 1.84. The molecule has 2 aliphatic carbocycles. The van der Waals surface area contributed by atoms with Crippen LogP contribution in [0.1, 0.15) is 121 Å². The second-order valence-corrected chi connectivity index (χ2v) is 9.93. The van der Waals surface area contributed by atoms with Crippen molar-refractivity contribution in [1.82, 2.24) is 15.0 Å². The average Bonchev–Trinajstić information content (AvgIpc) is 2.81. The summed E-state index contributed by atoms with van der Waals surface area (Å²) in [6.45, 7) is 2.01. The van der Waals surface area contributed by atoms with Crippen molar-refractivity contribution < 1.29 is 0 Å². The summed E-state index contributed by atoms with van der Waals surface area (Å²) in [5, 5.41) is 7.15. The van der Waals surface area contributed by atoms with Gasteiger partial charge in [-0.15, -0.1) is 0 Å². The van der Waals surface area contributed by atoms with E-state index < -0.39 is 0 Å². The van der Waals surface area contributed by atoms with Gasteiger partial charge in [0, 0.05) is 30.9 Å². The molecule has 34 heavy (non-hydrogen) atoms. The van der Waals surface area contributed by atoms with Gasteiger partial charge in [0.15, 0.2) is 0 Å². The summed E-state index contributed by atoms with van der Waals surface area (Å²) < 4.78 is 0. The molecule has 0 aliphatic heterocycles. The SMILES string of the molecule is C/C=C\C(=C/C=NC)Nc1nc(NC2CCCCCCCCC2)nc(C2CCCCCCC2)n1. The Morgan fingerprint density at radius 1 is 0.765 bits per heavy atom. The molecule has 6 nitrogen and oxygen atoms in total. The summed E-state index contributed by atoms with van der Waals surface area (Å²) in [4.78, 5) is 18.8. The van der Waals surface area contributed by atoms with Crippen molar-refractivity contribution in [2.75, 3.05) is 17.7 Å². The highest BCUT2D eigenvalue weighted by atomic mass is 15.2. The van der Waals surface area contributed by atoms with Gasteiger partial charge in [-0.3, -0.25) is 4.99 Å². The Kier molecular flexibility index (Phi) is 12.1. The third-order valence-electron chi connectivity index (χ3n) is 7.07. The third kappa shape index (κ3) is 9.55. The molecule has 0 radical (unpaired) electrons. The minimum atomic E-state index is 0.416. The van der Waals surface area contributed by atoms with Crippen molar-refractivity contribution in [2.24, 2.45) is 4.99 Å². The predicted octanol–water partition coefficient (Wildman–Crippen LogP) is 7.58. The summed E-state index contributed by atoms with van der Waals surface area (Å²) in [6, 6.07) is 0.441. The van der Waals surface area contributed by atoms with E-state index in [4.69, 9.17) is 15.0 Å². The highest BCUT2D eigenvalue weighted by Gasteiger charge is 2.20. The largest absolute Gasteiger partial charge is 0.351 e. The quantitative estimate of drug-likeness (QED) is 0.320. The van der Waals surface area contributed by atoms with Crippen molar-refractivity contribution >= 4 is 18.1 Å². The van der Waals surface area contributed by atoms with Crippen LogP contribution < -0.4 is 10.6 Å². The standard InChI is InChI=1S/C28H46N6/c1-3-16-24(21-22-29-2)30-27-32-26(23-17-12-8-7-9-13-18-23)33-28(34-27)31-25-19-14-10-5-4-6-11-15-20-25/h3,16,21-23,25H,4-15,17-20H2,1-2H3,(H2,30,31,32,33,34)/b16-3-,24-21+,29-22?. The highest BCUT2D eigenvalue weighted by Crippen LogP contribution is 2.30. The molecule has 0 saturated heterocycles. The number of rotatable bonds is 7. The van der Waals surface area contributed by atoms with Gasteiger partial charge < -0.3 is 10.6 Å². The normalized spacial score (nSPS) is 20.8. The number of allylic oxidation sites excluding steroid dienone is 3. The molecule has 0 unspecified atom stereocenters. The molecule has 1 aromatic rings. The molecular formula is C28H46N6. The summed E-state index contributed by atoms with van der Waals surface area (Å²) in [6.07, 6.45) is 28.5. The van der Waals surface area contributed by atoms with Crippen LogP contribution in [0.25, 0.3) is 0 Å². The van der Waals surface area contributed by atoms with E-state index in [0.29, 0.717) is 17.9 Å². The number of nitrogens with one attached hydrogen (secondary N) is 2. The van der Waals surface area contributed by atoms with Crippen LogP contribution >= 0.6 is 0 Å². The fourth-order valence-electron chi connectivity index (χ4n) is 5.15. The lowest BCUT2D eigenvalue weighted by atomic mass is 9.90. The first-order valence-electron chi connectivity index (χ1n) is 13.8. The topological polar surface area (TPSA) is 75.1 Å². The zero-order chi connectivity index (χ0) is 23.8. The maximum atomic E-state index is 5.00. The minimum absolute atomic E-state index is 0.416. The smallest absolute Gasteiger partial charge is 0.232 e. The van der Waals surface area contributed by atoms with Crippen LogP contribution in [0, 0.1) is 0 Å². The zero-order valence-electron chi connectivity index (χ0n) is 21.6.